The van der Waals surface area contributed by atoms with E-state index in [2.05, 4.69) is 0 Å². The second kappa shape index (κ2) is 8.02. The molecule has 0 spiro atoms. The first-order chi connectivity index (χ1) is 8.10. The molecule has 102 valence electrons. The van der Waals surface area contributed by atoms with E-state index in [1.165, 1.54) is 18.1 Å². The molecule has 0 bridgehead atoms. The minimum atomic E-state index is -0.674. The summed E-state index contributed by atoms with van der Waals surface area (Å²) in [6.07, 6.45) is -0.674. The van der Waals surface area contributed by atoms with E-state index in [4.69, 9.17) is 10.5 Å². The van der Waals surface area contributed by atoms with E-state index >= 15 is 0 Å². The van der Waals surface area contributed by atoms with Gasteiger partial charge in [-0.25, -0.2) is 4.39 Å². The van der Waals surface area contributed by atoms with Crippen LogP contribution in [0, 0.1) is 5.82 Å². The fraction of sp³-hybridized carbons (Fsp3) is 0.417. The van der Waals surface area contributed by atoms with Crippen molar-refractivity contribution >= 4 is 18.3 Å². The van der Waals surface area contributed by atoms with E-state index in [0.717, 1.165) is 0 Å². The quantitative estimate of drug-likeness (QED) is 0.879. The topological polar surface area (TPSA) is 55.6 Å². The molecule has 0 fully saturated rings. The number of ether oxygens (including phenoxy) is 1. The monoisotopic (exact) mass is 276 g/mol. The summed E-state index contributed by atoms with van der Waals surface area (Å²) in [5, 5.41) is 0. The lowest BCUT2D eigenvalue weighted by Crippen LogP contribution is -2.41. The Morgan fingerprint density at radius 3 is 2.61 bits per heavy atom. The number of methoxy groups -OCH3 is 1. The Kier molecular flexibility index (Phi) is 7.50. The van der Waals surface area contributed by atoms with Gasteiger partial charge in [-0.1, -0.05) is 18.2 Å². The molecule has 1 atom stereocenters. The first-order valence-electron chi connectivity index (χ1n) is 5.31. The number of halogens is 2. The van der Waals surface area contributed by atoms with Gasteiger partial charge in [-0.15, -0.1) is 12.4 Å². The van der Waals surface area contributed by atoms with Crippen LogP contribution in [0.1, 0.15) is 5.56 Å². The molecule has 0 saturated heterocycles. The maximum atomic E-state index is 13.4. The molecule has 2 N–H and O–H groups in total. The zero-order valence-corrected chi connectivity index (χ0v) is 11.2. The summed E-state index contributed by atoms with van der Waals surface area (Å²) in [6, 6.07) is 6.35. The van der Waals surface area contributed by atoms with Crippen LogP contribution >= 0.6 is 12.4 Å². The molecule has 1 aromatic carbocycles. The van der Waals surface area contributed by atoms with Crippen molar-refractivity contribution in [1.82, 2.24) is 4.90 Å². The van der Waals surface area contributed by atoms with Crippen LogP contribution in [-0.4, -0.2) is 37.6 Å². The molecule has 0 aromatic heterocycles. The van der Waals surface area contributed by atoms with Gasteiger partial charge >= 0.3 is 0 Å². The number of hydrogen-bond donors (Lipinski definition) is 1. The van der Waals surface area contributed by atoms with Crippen LogP contribution in [0.3, 0.4) is 0 Å². The van der Waals surface area contributed by atoms with Crippen molar-refractivity contribution in [3.63, 3.8) is 0 Å². The van der Waals surface area contributed by atoms with Gasteiger partial charge in [-0.2, -0.15) is 0 Å². The summed E-state index contributed by atoms with van der Waals surface area (Å²) in [4.78, 5) is 13.2. The van der Waals surface area contributed by atoms with Gasteiger partial charge in [0.2, 0.25) is 0 Å². The normalized spacial score (nSPS) is 11.6. The molecule has 1 rings (SSSR count). The van der Waals surface area contributed by atoms with Crippen molar-refractivity contribution in [3.8, 4) is 0 Å². The van der Waals surface area contributed by atoms with Gasteiger partial charge in [0.15, 0.2) is 0 Å². The summed E-state index contributed by atoms with van der Waals surface area (Å²) in [7, 11) is 3.02. The summed E-state index contributed by atoms with van der Waals surface area (Å²) in [6.45, 7) is 0.308. The highest BCUT2D eigenvalue weighted by molar-refractivity contribution is 5.85. The molecule has 1 unspecified atom stereocenters. The number of hydrogen-bond acceptors (Lipinski definition) is 3. The Bertz CT molecular complexity index is 386. The van der Waals surface area contributed by atoms with Crippen molar-refractivity contribution < 1.29 is 13.9 Å². The van der Waals surface area contributed by atoms with E-state index in [9.17, 15) is 9.18 Å². The fourth-order valence-corrected chi connectivity index (χ4v) is 1.50. The van der Waals surface area contributed by atoms with Crippen molar-refractivity contribution in [2.24, 2.45) is 5.73 Å². The third-order valence-corrected chi connectivity index (χ3v) is 2.52. The standard InChI is InChI=1S/C12H17FN2O2.ClH/c1-15(12(16)11(7-14)17-2)8-9-5-3-4-6-10(9)13;/h3-6,11H,7-8,14H2,1-2H3;1H. The minimum absolute atomic E-state index is 0. The molecular formula is C12H18ClFN2O2. The Morgan fingerprint density at radius 1 is 1.50 bits per heavy atom. The molecule has 0 aliphatic heterocycles. The highest BCUT2D eigenvalue weighted by Gasteiger charge is 2.20. The van der Waals surface area contributed by atoms with Gasteiger partial charge in [0.25, 0.3) is 5.91 Å². The highest BCUT2D eigenvalue weighted by Crippen LogP contribution is 2.09. The Labute approximate surface area is 112 Å². The van der Waals surface area contributed by atoms with Crippen LogP contribution in [0.5, 0.6) is 0 Å². The third kappa shape index (κ3) is 4.25. The number of nitrogens with two attached hydrogens (primary N) is 1. The molecule has 0 aliphatic carbocycles. The molecule has 0 radical (unpaired) electrons. The molecule has 6 heteroatoms. The Hall–Kier alpha value is -1.17. The molecule has 0 aliphatic rings. The predicted octanol–water partition coefficient (Wildman–Crippen LogP) is 1.18. The van der Waals surface area contributed by atoms with Crippen LogP contribution in [-0.2, 0) is 16.1 Å². The highest BCUT2D eigenvalue weighted by atomic mass is 35.5. The van der Waals surface area contributed by atoms with E-state index in [1.54, 1.807) is 25.2 Å². The molecule has 4 nitrogen and oxygen atoms in total. The Morgan fingerprint density at radius 2 is 2.11 bits per heavy atom. The summed E-state index contributed by atoms with van der Waals surface area (Å²) in [5.41, 5.74) is 5.87. The number of rotatable bonds is 5. The fourth-order valence-electron chi connectivity index (χ4n) is 1.50. The number of carbonyl (C=O) groups is 1. The van der Waals surface area contributed by atoms with Crippen molar-refractivity contribution in [2.45, 2.75) is 12.6 Å². The van der Waals surface area contributed by atoms with Crippen molar-refractivity contribution in [3.05, 3.63) is 35.6 Å². The van der Waals surface area contributed by atoms with Crippen LogP contribution in [0.2, 0.25) is 0 Å². The third-order valence-electron chi connectivity index (χ3n) is 2.52. The lowest BCUT2D eigenvalue weighted by atomic mass is 10.2. The second-order valence-corrected chi connectivity index (χ2v) is 3.75. The number of nitrogens with zero attached hydrogens (tertiary/aromatic N) is 1. The van der Waals surface area contributed by atoms with Crippen LogP contribution in [0.4, 0.5) is 4.39 Å². The zero-order chi connectivity index (χ0) is 12.8. The first-order valence-corrected chi connectivity index (χ1v) is 5.31. The second-order valence-electron chi connectivity index (χ2n) is 3.75. The molecule has 0 saturated carbocycles. The molecule has 18 heavy (non-hydrogen) atoms. The van der Waals surface area contributed by atoms with E-state index in [0.29, 0.717) is 5.56 Å². The molecule has 1 amide bonds. The van der Waals surface area contributed by atoms with Crippen molar-refractivity contribution in [2.75, 3.05) is 20.7 Å². The Balaban J connectivity index is 0.00000289. The van der Waals surface area contributed by atoms with E-state index in [1.807, 2.05) is 0 Å². The molecular weight excluding hydrogens is 259 g/mol. The van der Waals surface area contributed by atoms with Gasteiger partial charge in [0.1, 0.15) is 11.9 Å². The summed E-state index contributed by atoms with van der Waals surface area (Å²) >= 11 is 0. The van der Waals surface area contributed by atoms with Gasteiger partial charge in [0.05, 0.1) is 0 Å². The number of likely N-dealkylation sites (N-methyl/N-ethyl adjacent to an activating group) is 1. The summed E-state index contributed by atoms with van der Waals surface area (Å²) < 4.78 is 18.3. The average molecular weight is 277 g/mol. The van der Waals surface area contributed by atoms with Crippen molar-refractivity contribution in [1.29, 1.82) is 0 Å². The molecule has 0 heterocycles. The number of benzene rings is 1. The van der Waals surface area contributed by atoms with Crippen LogP contribution in [0.25, 0.3) is 0 Å². The van der Waals surface area contributed by atoms with Gasteiger partial charge < -0.3 is 15.4 Å². The van der Waals surface area contributed by atoms with E-state index in [-0.39, 0.29) is 37.2 Å². The summed E-state index contributed by atoms with van der Waals surface area (Å²) in [5.74, 6) is -0.577. The van der Waals surface area contributed by atoms with Gasteiger partial charge in [0, 0.05) is 32.8 Å². The maximum Gasteiger partial charge on any atom is 0.253 e. The maximum absolute atomic E-state index is 13.4. The largest absolute Gasteiger partial charge is 0.370 e. The smallest absolute Gasteiger partial charge is 0.253 e. The molecule has 1 aromatic rings. The van der Waals surface area contributed by atoms with E-state index < -0.39 is 6.10 Å². The number of carbonyl (C=O) groups excluding carboxylic acids is 1. The first kappa shape index (κ1) is 16.8. The lowest BCUT2D eigenvalue weighted by molar-refractivity contribution is -0.140. The SMILES string of the molecule is COC(CN)C(=O)N(C)Cc1ccccc1F.Cl. The number of amides is 1. The van der Waals surface area contributed by atoms with Crippen LogP contribution in [0.15, 0.2) is 24.3 Å². The zero-order valence-electron chi connectivity index (χ0n) is 10.4. The lowest BCUT2D eigenvalue weighted by Gasteiger charge is -2.22. The average Bonchev–Trinajstić information content (AvgIpc) is 2.33. The predicted molar refractivity (Wildman–Crippen MR) is 70.0 cm³/mol. The minimum Gasteiger partial charge on any atom is -0.370 e. The van der Waals surface area contributed by atoms with Gasteiger partial charge in [-0.05, 0) is 6.07 Å². The van der Waals surface area contributed by atoms with Gasteiger partial charge in [-0.3, -0.25) is 4.79 Å². The van der Waals surface area contributed by atoms with Crippen LogP contribution < -0.4 is 5.73 Å².